The fourth-order valence-corrected chi connectivity index (χ4v) is 3.65. The first-order valence-corrected chi connectivity index (χ1v) is 8.55. The van der Waals surface area contributed by atoms with Crippen LogP contribution in [0, 0.1) is 13.8 Å². The summed E-state index contributed by atoms with van der Waals surface area (Å²) in [5.41, 5.74) is 3.09. The molecule has 1 aliphatic rings. The molecule has 3 aromatic rings. The fraction of sp³-hybridized carbons (Fsp3) is 0.238. The van der Waals surface area contributed by atoms with Gasteiger partial charge in [-0.15, -0.1) is 0 Å². The Labute approximate surface area is 155 Å². The molecule has 0 radical (unpaired) electrons. The largest absolute Gasteiger partial charge is 0.493 e. The molecule has 0 saturated carbocycles. The van der Waals surface area contributed by atoms with Gasteiger partial charge in [0.25, 0.3) is 5.91 Å². The first kappa shape index (κ1) is 17.1. The lowest BCUT2D eigenvalue weighted by Crippen LogP contribution is -2.22. The zero-order valence-corrected chi connectivity index (χ0v) is 15.5. The van der Waals surface area contributed by atoms with Crippen molar-refractivity contribution in [3.05, 3.63) is 68.6 Å². The van der Waals surface area contributed by atoms with Crippen molar-refractivity contribution in [1.82, 2.24) is 5.32 Å². The molecule has 27 heavy (non-hydrogen) atoms. The van der Waals surface area contributed by atoms with Crippen LogP contribution in [0.5, 0.6) is 11.5 Å². The molecule has 1 aromatic heterocycles. The van der Waals surface area contributed by atoms with E-state index in [1.165, 1.54) is 7.11 Å². The van der Waals surface area contributed by atoms with Crippen LogP contribution in [0.4, 0.5) is 0 Å². The highest BCUT2D eigenvalue weighted by Crippen LogP contribution is 2.36. The fourth-order valence-electron chi connectivity index (χ4n) is 3.65. The van der Waals surface area contributed by atoms with Crippen molar-refractivity contribution >= 4 is 16.9 Å². The normalized spacial score (nSPS) is 15.6. The predicted octanol–water partition coefficient (Wildman–Crippen LogP) is 3.26. The Morgan fingerprint density at radius 2 is 1.74 bits per heavy atom. The van der Waals surface area contributed by atoms with E-state index in [2.05, 4.69) is 5.32 Å². The minimum Gasteiger partial charge on any atom is -0.493 e. The van der Waals surface area contributed by atoms with Crippen molar-refractivity contribution in [2.75, 3.05) is 14.2 Å². The van der Waals surface area contributed by atoms with Crippen LogP contribution >= 0.6 is 0 Å². The number of carbonyl (C=O) groups is 1. The van der Waals surface area contributed by atoms with E-state index in [1.807, 2.05) is 19.9 Å². The molecule has 6 nitrogen and oxygen atoms in total. The van der Waals surface area contributed by atoms with Crippen LogP contribution in [0.15, 0.2) is 39.5 Å². The molecule has 2 aromatic carbocycles. The Kier molecular flexibility index (Phi) is 3.91. The number of hydrogen-bond donors (Lipinski definition) is 1. The predicted molar refractivity (Wildman–Crippen MR) is 101 cm³/mol. The van der Waals surface area contributed by atoms with Crippen LogP contribution in [0.25, 0.3) is 11.0 Å². The molecule has 1 unspecified atom stereocenters. The Morgan fingerprint density at radius 1 is 1.00 bits per heavy atom. The summed E-state index contributed by atoms with van der Waals surface area (Å²) < 4.78 is 16.5. The van der Waals surface area contributed by atoms with Gasteiger partial charge in [0.1, 0.15) is 5.58 Å². The molecule has 138 valence electrons. The van der Waals surface area contributed by atoms with Crippen molar-refractivity contribution in [3.8, 4) is 11.5 Å². The number of amides is 1. The number of aryl methyl sites for hydroxylation is 2. The molecule has 6 heteroatoms. The van der Waals surface area contributed by atoms with E-state index >= 15 is 0 Å². The molecular weight excluding hydrogens is 346 g/mol. The molecule has 1 aliphatic heterocycles. The quantitative estimate of drug-likeness (QED) is 0.771. The lowest BCUT2D eigenvalue weighted by atomic mass is 9.97. The summed E-state index contributed by atoms with van der Waals surface area (Å²) in [5, 5.41) is 3.32. The van der Waals surface area contributed by atoms with Gasteiger partial charge in [0.15, 0.2) is 16.9 Å². The highest BCUT2D eigenvalue weighted by Gasteiger charge is 2.36. The Morgan fingerprint density at radius 3 is 2.44 bits per heavy atom. The topological polar surface area (TPSA) is 77.8 Å². The number of methoxy groups -OCH3 is 2. The van der Waals surface area contributed by atoms with Gasteiger partial charge in [-0.05, 0) is 48.7 Å². The number of ether oxygens (including phenoxy) is 2. The maximum Gasteiger partial charge on any atom is 0.288 e. The van der Waals surface area contributed by atoms with Gasteiger partial charge in [-0.2, -0.15) is 0 Å². The zero-order chi connectivity index (χ0) is 19.3. The summed E-state index contributed by atoms with van der Waals surface area (Å²) in [6.07, 6.45) is 0. The highest BCUT2D eigenvalue weighted by atomic mass is 16.5. The molecule has 0 spiro atoms. The number of benzene rings is 2. The van der Waals surface area contributed by atoms with Crippen molar-refractivity contribution in [3.63, 3.8) is 0 Å². The number of hydrogen-bond acceptors (Lipinski definition) is 5. The smallest absolute Gasteiger partial charge is 0.288 e. The van der Waals surface area contributed by atoms with Gasteiger partial charge < -0.3 is 19.2 Å². The second-order valence-corrected chi connectivity index (χ2v) is 6.65. The standard InChI is InChI=1S/C21H19NO5/c1-10-7-11(2)19-13(8-10)18(23)16-17(22-21(24)20(16)27-19)12-5-6-14(25-3)15(9-12)26-4/h5-9,17H,1-4H3,(H,22,24). The van der Waals surface area contributed by atoms with E-state index in [4.69, 9.17) is 13.9 Å². The monoisotopic (exact) mass is 365 g/mol. The van der Waals surface area contributed by atoms with Crippen LogP contribution in [-0.4, -0.2) is 20.1 Å². The molecule has 4 rings (SSSR count). The summed E-state index contributed by atoms with van der Waals surface area (Å²) in [5.74, 6) is 0.764. The maximum absolute atomic E-state index is 13.2. The lowest BCUT2D eigenvalue weighted by Gasteiger charge is -2.15. The van der Waals surface area contributed by atoms with E-state index in [1.54, 1.807) is 31.4 Å². The highest BCUT2D eigenvalue weighted by molar-refractivity contribution is 5.99. The third-order valence-electron chi connectivity index (χ3n) is 4.87. The zero-order valence-electron chi connectivity index (χ0n) is 15.5. The summed E-state index contributed by atoms with van der Waals surface area (Å²) in [4.78, 5) is 25.7. The van der Waals surface area contributed by atoms with Crippen LogP contribution in [0.2, 0.25) is 0 Å². The van der Waals surface area contributed by atoms with Crippen molar-refractivity contribution in [2.24, 2.45) is 0 Å². The Hall–Kier alpha value is -3.28. The maximum atomic E-state index is 13.2. The van der Waals surface area contributed by atoms with Crippen molar-refractivity contribution < 1.29 is 18.7 Å². The van der Waals surface area contributed by atoms with Gasteiger partial charge in [0, 0.05) is 0 Å². The Balaban J connectivity index is 1.96. The summed E-state index contributed by atoms with van der Waals surface area (Å²) in [7, 11) is 3.09. The first-order chi connectivity index (χ1) is 12.9. The number of fused-ring (bicyclic) bond motifs is 2. The number of carbonyl (C=O) groups excluding carboxylic acids is 1. The number of rotatable bonds is 3. The van der Waals surface area contributed by atoms with Gasteiger partial charge >= 0.3 is 0 Å². The van der Waals surface area contributed by atoms with Gasteiger partial charge in [-0.1, -0.05) is 12.1 Å². The van der Waals surface area contributed by atoms with E-state index in [0.29, 0.717) is 28.0 Å². The summed E-state index contributed by atoms with van der Waals surface area (Å²) in [6.45, 7) is 3.79. The molecular formula is C21H19NO5. The third-order valence-corrected chi connectivity index (χ3v) is 4.87. The molecule has 0 bridgehead atoms. The SMILES string of the molecule is COc1ccc(C2NC(=O)c3oc4c(C)cc(C)cc4c(=O)c32)cc1OC. The molecule has 2 heterocycles. The molecule has 0 saturated heterocycles. The lowest BCUT2D eigenvalue weighted by molar-refractivity contribution is 0.0938. The van der Waals surface area contributed by atoms with E-state index < -0.39 is 11.9 Å². The second kappa shape index (κ2) is 6.16. The first-order valence-electron chi connectivity index (χ1n) is 8.55. The minimum atomic E-state index is -0.603. The van der Waals surface area contributed by atoms with E-state index in [0.717, 1.165) is 16.7 Å². The summed E-state index contributed by atoms with van der Waals surface area (Å²) in [6, 6.07) is 8.42. The van der Waals surface area contributed by atoms with Crippen molar-refractivity contribution in [2.45, 2.75) is 19.9 Å². The van der Waals surface area contributed by atoms with Gasteiger partial charge in [-0.3, -0.25) is 9.59 Å². The molecule has 1 N–H and O–H groups in total. The minimum absolute atomic E-state index is 0.0687. The van der Waals surface area contributed by atoms with Crippen LogP contribution < -0.4 is 20.2 Å². The Bertz CT molecular complexity index is 1150. The molecule has 0 fully saturated rings. The van der Waals surface area contributed by atoms with E-state index in [-0.39, 0.29) is 11.2 Å². The number of nitrogens with one attached hydrogen (secondary N) is 1. The van der Waals surface area contributed by atoms with Crippen molar-refractivity contribution in [1.29, 1.82) is 0 Å². The van der Waals surface area contributed by atoms with Gasteiger partial charge in [0.05, 0.1) is 31.2 Å². The van der Waals surface area contributed by atoms with Crippen LogP contribution in [0.3, 0.4) is 0 Å². The molecule has 1 amide bonds. The third kappa shape index (κ3) is 2.56. The second-order valence-electron chi connectivity index (χ2n) is 6.65. The molecule has 1 atom stereocenters. The van der Waals surface area contributed by atoms with Gasteiger partial charge in [-0.25, -0.2) is 0 Å². The average Bonchev–Trinajstić information content (AvgIpc) is 2.99. The summed E-state index contributed by atoms with van der Waals surface area (Å²) >= 11 is 0. The molecule has 0 aliphatic carbocycles. The van der Waals surface area contributed by atoms with Gasteiger partial charge in [0.2, 0.25) is 5.76 Å². The van der Waals surface area contributed by atoms with E-state index in [9.17, 15) is 9.59 Å². The van der Waals surface area contributed by atoms with Crippen LogP contribution in [-0.2, 0) is 0 Å². The average molecular weight is 365 g/mol. The van der Waals surface area contributed by atoms with Crippen LogP contribution in [0.1, 0.15) is 38.9 Å².